The SMILES string of the molecule is CC(C#N)(CCC(=O)OC/C=C/[Si](Cl)(Cl)Cl)N=NC(C)(C#N)CCC(=O)OC/C=C/[Si](Cl)(Cl)Cl. The van der Waals surface area contributed by atoms with Crippen molar-refractivity contribution in [3.8, 4) is 12.1 Å². The normalized spacial score (nSPS) is 16.1. The molecule has 0 amide bonds. The lowest BCUT2D eigenvalue weighted by Gasteiger charge is -2.19. The van der Waals surface area contributed by atoms with E-state index in [4.69, 9.17) is 75.9 Å². The topological polar surface area (TPSA) is 125 Å². The van der Waals surface area contributed by atoms with Gasteiger partial charge < -0.3 is 9.47 Å². The molecule has 0 aromatic rings. The van der Waals surface area contributed by atoms with Crippen LogP contribution in [0.15, 0.2) is 33.8 Å². The standard InChI is InChI=1S/C18H22Cl6N4O4Si2/c1-17(13-25,7-5-15(29)31-9-3-11-33(19,20)21)27-28-18(2,14-26)8-6-16(30)32-10-4-12-34(22,23)24/h3-4,11-12H,5-10H2,1-2H3/b11-3+,12-4+,28-27?. The number of nitrogens with zero attached hydrogens (tertiary/aromatic N) is 4. The Kier molecular flexibility index (Phi) is 14.9. The lowest BCUT2D eigenvalue weighted by atomic mass is 9.97. The highest BCUT2D eigenvalue weighted by molar-refractivity contribution is 7.67. The summed E-state index contributed by atoms with van der Waals surface area (Å²) < 4.78 is 9.96. The van der Waals surface area contributed by atoms with E-state index in [1.165, 1.54) is 37.4 Å². The third-order valence-corrected chi connectivity index (χ3v) is 7.39. The molecular formula is C18H22Cl6N4O4Si2. The van der Waals surface area contributed by atoms with Crippen LogP contribution in [-0.4, -0.2) is 48.2 Å². The molecule has 2 unspecified atom stereocenters. The van der Waals surface area contributed by atoms with Crippen molar-refractivity contribution in [2.24, 2.45) is 10.2 Å². The average Bonchev–Trinajstić information content (AvgIpc) is 2.74. The minimum atomic E-state index is -2.94. The maximum atomic E-state index is 11.9. The highest BCUT2D eigenvalue weighted by Crippen LogP contribution is 2.24. The van der Waals surface area contributed by atoms with Crippen LogP contribution >= 0.6 is 66.5 Å². The number of nitriles is 2. The molecule has 0 aromatic carbocycles. The van der Waals surface area contributed by atoms with Gasteiger partial charge in [0.05, 0.1) is 12.1 Å². The number of hydrogen-bond donors (Lipinski definition) is 0. The van der Waals surface area contributed by atoms with Gasteiger partial charge in [0.15, 0.2) is 11.1 Å². The van der Waals surface area contributed by atoms with Gasteiger partial charge in [-0.3, -0.25) is 9.59 Å². The summed E-state index contributed by atoms with van der Waals surface area (Å²) in [5, 5.41) is 26.9. The van der Waals surface area contributed by atoms with Gasteiger partial charge in [-0.15, -0.1) is 66.5 Å². The number of halogens is 6. The first-order valence-corrected chi connectivity index (χ1v) is 19.8. The smallest absolute Gasteiger partial charge is 0.365 e. The predicted octanol–water partition coefficient (Wildman–Crippen LogP) is 6.15. The summed E-state index contributed by atoms with van der Waals surface area (Å²) >= 11 is 34.1. The second-order valence-electron chi connectivity index (χ2n) is 7.23. The lowest BCUT2D eigenvalue weighted by molar-refractivity contribution is -0.143. The zero-order valence-electron chi connectivity index (χ0n) is 18.2. The minimum absolute atomic E-state index is 0.00282. The molecule has 0 radical (unpaired) electrons. The van der Waals surface area contributed by atoms with E-state index in [1.54, 1.807) is 0 Å². The summed E-state index contributed by atoms with van der Waals surface area (Å²) in [6.45, 7) is 2.78. The van der Waals surface area contributed by atoms with Crippen LogP contribution in [0.5, 0.6) is 0 Å². The summed E-state index contributed by atoms with van der Waals surface area (Å²) in [6.07, 6.45) is 2.62. The number of carbonyl (C=O) groups excluding carboxylic acids is 2. The van der Waals surface area contributed by atoms with Crippen molar-refractivity contribution in [1.82, 2.24) is 0 Å². The number of hydrogen-bond acceptors (Lipinski definition) is 8. The van der Waals surface area contributed by atoms with E-state index < -0.39 is 35.0 Å². The van der Waals surface area contributed by atoms with Crippen LogP contribution in [0, 0.1) is 22.7 Å². The second-order valence-corrected chi connectivity index (χ2v) is 24.3. The molecule has 0 aromatic heterocycles. The Morgan fingerprint density at radius 2 is 1.12 bits per heavy atom. The van der Waals surface area contributed by atoms with Crippen molar-refractivity contribution in [3.63, 3.8) is 0 Å². The summed E-state index contributed by atoms with van der Waals surface area (Å²) in [5.74, 6) is -1.16. The van der Waals surface area contributed by atoms with E-state index in [-0.39, 0.29) is 38.9 Å². The van der Waals surface area contributed by atoms with Gasteiger partial charge >= 0.3 is 23.9 Å². The number of azo groups is 1. The monoisotopic (exact) mass is 624 g/mol. The molecule has 0 saturated heterocycles. The van der Waals surface area contributed by atoms with Gasteiger partial charge in [-0.2, -0.15) is 20.8 Å². The third kappa shape index (κ3) is 17.6. The molecule has 0 aliphatic rings. The number of rotatable bonds is 14. The molecule has 2 atom stereocenters. The molecule has 0 N–H and O–H groups in total. The molecule has 0 bridgehead atoms. The lowest BCUT2D eigenvalue weighted by Crippen LogP contribution is -2.25. The molecule has 188 valence electrons. The zero-order chi connectivity index (χ0) is 26.5. The van der Waals surface area contributed by atoms with Crippen LogP contribution < -0.4 is 0 Å². The van der Waals surface area contributed by atoms with E-state index in [2.05, 4.69) is 10.2 Å². The van der Waals surface area contributed by atoms with Crippen LogP contribution in [0.2, 0.25) is 0 Å². The molecule has 0 fully saturated rings. The first-order chi connectivity index (χ1) is 15.5. The molecule has 0 heterocycles. The number of ether oxygens (including phenoxy) is 2. The van der Waals surface area contributed by atoms with Gasteiger partial charge in [0, 0.05) is 12.8 Å². The van der Waals surface area contributed by atoms with Crippen molar-refractivity contribution in [2.75, 3.05) is 13.2 Å². The van der Waals surface area contributed by atoms with Crippen LogP contribution in [0.3, 0.4) is 0 Å². The molecule has 16 heteroatoms. The van der Waals surface area contributed by atoms with Crippen molar-refractivity contribution >= 4 is 90.4 Å². The first-order valence-electron chi connectivity index (χ1n) is 9.60. The van der Waals surface area contributed by atoms with Crippen LogP contribution in [0.4, 0.5) is 0 Å². The second kappa shape index (κ2) is 15.3. The maximum absolute atomic E-state index is 11.9. The fourth-order valence-electron chi connectivity index (χ4n) is 1.96. The quantitative estimate of drug-likeness (QED) is 0.0985. The van der Waals surface area contributed by atoms with Crippen molar-refractivity contribution < 1.29 is 19.1 Å². The Labute approximate surface area is 228 Å². The summed E-state index contributed by atoms with van der Waals surface area (Å²) in [5.41, 5.74) is -0.0217. The van der Waals surface area contributed by atoms with E-state index in [1.807, 2.05) is 12.1 Å². The van der Waals surface area contributed by atoms with Gasteiger partial charge in [0.1, 0.15) is 13.2 Å². The Hall–Kier alpha value is -0.826. The van der Waals surface area contributed by atoms with Gasteiger partial charge in [-0.25, -0.2) is 0 Å². The van der Waals surface area contributed by atoms with E-state index in [0.29, 0.717) is 0 Å². The number of carbonyl (C=O) groups is 2. The largest absolute Gasteiger partial charge is 0.461 e. The zero-order valence-corrected chi connectivity index (χ0v) is 24.8. The van der Waals surface area contributed by atoms with E-state index in [0.717, 1.165) is 0 Å². The van der Waals surface area contributed by atoms with Gasteiger partial charge in [0.2, 0.25) is 0 Å². The van der Waals surface area contributed by atoms with Crippen molar-refractivity contribution in [2.45, 2.75) is 50.6 Å². The fourth-order valence-corrected chi connectivity index (χ4v) is 4.29. The summed E-state index contributed by atoms with van der Waals surface area (Å²) in [6, 6.07) is -1.96. The molecule has 0 saturated carbocycles. The molecule has 0 rings (SSSR count). The van der Waals surface area contributed by atoms with E-state index >= 15 is 0 Å². The van der Waals surface area contributed by atoms with Crippen molar-refractivity contribution in [1.29, 1.82) is 10.5 Å². The Bertz CT molecular complexity index is 810. The fraction of sp³-hybridized carbons (Fsp3) is 0.556. The Morgan fingerprint density at radius 3 is 1.38 bits per heavy atom. The minimum Gasteiger partial charge on any atom is -0.461 e. The summed E-state index contributed by atoms with van der Waals surface area (Å²) in [7, 11) is 0. The molecule has 8 nitrogen and oxygen atoms in total. The highest BCUT2D eigenvalue weighted by atomic mass is 35.8. The van der Waals surface area contributed by atoms with Crippen LogP contribution in [-0.2, 0) is 19.1 Å². The average molecular weight is 627 g/mol. The van der Waals surface area contributed by atoms with Gasteiger partial charge in [-0.05, 0) is 26.7 Å². The van der Waals surface area contributed by atoms with Crippen LogP contribution in [0.1, 0.15) is 39.5 Å². The Balaban J connectivity index is 4.77. The van der Waals surface area contributed by atoms with Gasteiger partial charge in [-0.1, -0.05) is 23.6 Å². The number of esters is 2. The summed E-state index contributed by atoms with van der Waals surface area (Å²) in [4.78, 5) is 23.7. The molecule has 0 aliphatic heterocycles. The molecular weight excluding hydrogens is 605 g/mol. The Morgan fingerprint density at radius 1 is 0.794 bits per heavy atom. The molecule has 0 spiro atoms. The van der Waals surface area contributed by atoms with Gasteiger partial charge in [0.25, 0.3) is 0 Å². The highest BCUT2D eigenvalue weighted by Gasteiger charge is 2.30. The maximum Gasteiger partial charge on any atom is 0.365 e. The predicted molar refractivity (Wildman–Crippen MR) is 138 cm³/mol. The van der Waals surface area contributed by atoms with E-state index in [9.17, 15) is 20.1 Å². The molecule has 0 aliphatic carbocycles. The van der Waals surface area contributed by atoms with Crippen LogP contribution in [0.25, 0.3) is 0 Å². The molecule has 34 heavy (non-hydrogen) atoms. The first kappa shape index (κ1) is 33.2. The van der Waals surface area contributed by atoms with Crippen molar-refractivity contribution in [3.05, 3.63) is 23.6 Å². The third-order valence-electron chi connectivity index (χ3n) is 3.90.